The van der Waals surface area contributed by atoms with Gasteiger partial charge in [-0.15, -0.1) is 0 Å². The van der Waals surface area contributed by atoms with E-state index in [9.17, 15) is 0 Å². The molecule has 2 aromatic rings. The van der Waals surface area contributed by atoms with E-state index in [4.69, 9.17) is 4.98 Å². The maximum Gasteiger partial charge on any atom is 0.137 e. The Balaban J connectivity index is 1.82. The van der Waals surface area contributed by atoms with Crippen LogP contribution in [-0.2, 0) is 12.8 Å². The maximum absolute atomic E-state index is 4.81. The number of imidazole rings is 1. The molecule has 19 heavy (non-hydrogen) atoms. The van der Waals surface area contributed by atoms with Crippen LogP contribution >= 0.6 is 0 Å². The van der Waals surface area contributed by atoms with Gasteiger partial charge in [-0.25, -0.2) is 4.98 Å². The molecule has 0 aromatic carbocycles. The number of nitrogens with zero attached hydrogens (tertiary/aromatic N) is 2. The molecular weight excluding hydrogens is 232 g/mol. The van der Waals surface area contributed by atoms with Crippen molar-refractivity contribution in [2.45, 2.75) is 38.5 Å². The second-order valence-electron chi connectivity index (χ2n) is 5.58. The topological polar surface area (TPSA) is 17.3 Å². The van der Waals surface area contributed by atoms with Crippen LogP contribution in [0.15, 0.2) is 36.7 Å². The monoisotopic (exact) mass is 250 g/mol. The minimum Gasteiger partial charge on any atom is -0.306 e. The third kappa shape index (κ3) is 1.92. The molecular formula is C17H18N2. The molecule has 2 aromatic heterocycles. The van der Waals surface area contributed by atoms with E-state index < -0.39 is 0 Å². The fraction of sp³-hybridized carbons (Fsp3) is 0.353. The number of pyridine rings is 1. The van der Waals surface area contributed by atoms with E-state index in [1.54, 1.807) is 0 Å². The minimum absolute atomic E-state index is 1.10. The molecule has 0 aliphatic heterocycles. The van der Waals surface area contributed by atoms with Crippen LogP contribution in [0.5, 0.6) is 0 Å². The molecule has 2 nitrogen and oxygen atoms in total. The van der Waals surface area contributed by atoms with Gasteiger partial charge in [0.1, 0.15) is 5.65 Å². The highest BCUT2D eigenvalue weighted by Crippen LogP contribution is 2.26. The molecule has 0 saturated heterocycles. The average molecular weight is 250 g/mol. The molecule has 0 saturated carbocycles. The second-order valence-corrected chi connectivity index (χ2v) is 5.58. The van der Waals surface area contributed by atoms with Crippen LogP contribution in [0.3, 0.4) is 0 Å². The van der Waals surface area contributed by atoms with Crippen LogP contribution in [0.4, 0.5) is 0 Å². The minimum atomic E-state index is 1.10. The third-order valence-corrected chi connectivity index (χ3v) is 4.26. The summed E-state index contributed by atoms with van der Waals surface area (Å²) < 4.78 is 2.21. The molecule has 0 fully saturated rings. The van der Waals surface area contributed by atoms with E-state index in [1.807, 2.05) is 0 Å². The molecule has 0 bridgehead atoms. The van der Waals surface area contributed by atoms with Crippen molar-refractivity contribution in [3.05, 3.63) is 53.5 Å². The number of rotatable bonds is 1. The Morgan fingerprint density at radius 1 is 1.00 bits per heavy atom. The Labute approximate surface area is 113 Å². The molecule has 0 amide bonds. The van der Waals surface area contributed by atoms with Gasteiger partial charge in [-0.05, 0) is 61.3 Å². The molecule has 0 atom stereocenters. The number of fused-ring (bicyclic) bond motifs is 2. The molecule has 2 aliphatic carbocycles. The van der Waals surface area contributed by atoms with E-state index in [0.29, 0.717) is 0 Å². The van der Waals surface area contributed by atoms with Gasteiger partial charge in [-0.3, -0.25) is 0 Å². The van der Waals surface area contributed by atoms with Gasteiger partial charge in [-0.1, -0.05) is 18.2 Å². The van der Waals surface area contributed by atoms with E-state index in [-0.39, 0.29) is 0 Å². The van der Waals surface area contributed by atoms with Crippen LogP contribution in [0.1, 0.15) is 42.5 Å². The van der Waals surface area contributed by atoms with Gasteiger partial charge in [0.15, 0.2) is 0 Å². The Morgan fingerprint density at radius 3 is 2.74 bits per heavy atom. The maximum atomic E-state index is 4.81. The average Bonchev–Trinajstić information content (AvgIpc) is 2.88. The van der Waals surface area contributed by atoms with Crippen LogP contribution in [0.25, 0.3) is 11.2 Å². The first-order valence-electron chi connectivity index (χ1n) is 7.27. The van der Waals surface area contributed by atoms with Gasteiger partial charge in [-0.2, -0.15) is 0 Å². The predicted octanol–water partition coefficient (Wildman–Crippen LogP) is 3.95. The highest BCUT2D eigenvalue weighted by atomic mass is 15.0. The normalized spacial score (nSPS) is 18.4. The van der Waals surface area contributed by atoms with Gasteiger partial charge in [0.05, 0.1) is 5.69 Å². The molecule has 0 N–H and O–H groups in total. The van der Waals surface area contributed by atoms with Crippen molar-refractivity contribution in [1.29, 1.82) is 0 Å². The Hall–Kier alpha value is -1.83. The summed E-state index contributed by atoms with van der Waals surface area (Å²) in [4.78, 5) is 4.81. The van der Waals surface area contributed by atoms with Gasteiger partial charge >= 0.3 is 0 Å². The standard InChI is InChI=1S/C17H18N2/c1-2-6-13(7-3-1)16-12-19-11-15-9-5-4-8-14(15)10-17(19)18-16/h1-2,6,10-12H,3-5,7-9H2. The molecule has 0 spiro atoms. The van der Waals surface area contributed by atoms with Gasteiger partial charge in [0, 0.05) is 12.4 Å². The highest BCUT2D eigenvalue weighted by molar-refractivity contribution is 5.67. The van der Waals surface area contributed by atoms with Crippen molar-refractivity contribution in [1.82, 2.24) is 9.38 Å². The zero-order valence-corrected chi connectivity index (χ0v) is 11.1. The molecule has 4 rings (SSSR count). The SMILES string of the molecule is C1=CCCC(c2cn3cc4c(cc3n2)CCCC4)=C1. The summed E-state index contributed by atoms with van der Waals surface area (Å²) >= 11 is 0. The number of hydrogen-bond acceptors (Lipinski definition) is 1. The summed E-state index contributed by atoms with van der Waals surface area (Å²) in [7, 11) is 0. The molecule has 0 radical (unpaired) electrons. The summed E-state index contributed by atoms with van der Waals surface area (Å²) in [6.45, 7) is 0. The van der Waals surface area contributed by atoms with Gasteiger partial charge in [0.25, 0.3) is 0 Å². The Kier molecular flexibility index (Phi) is 2.54. The van der Waals surface area contributed by atoms with E-state index in [0.717, 1.165) is 24.2 Å². The molecule has 0 unspecified atom stereocenters. The lowest BCUT2D eigenvalue weighted by atomic mass is 9.93. The summed E-state index contributed by atoms with van der Waals surface area (Å²) in [5.41, 5.74) is 6.63. The lowest BCUT2D eigenvalue weighted by Gasteiger charge is -2.15. The summed E-state index contributed by atoms with van der Waals surface area (Å²) in [5, 5.41) is 0. The zero-order chi connectivity index (χ0) is 12.7. The first-order valence-corrected chi connectivity index (χ1v) is 7.27. The number of aromatic nitrogens is 2. The Morgan fingerprint density at radius 2 is 1.89 bits per heavy atom. The van der Waals surface area contributed by atoms with Gasteiger partial charge in [0.2, 0.25) is 0 Å². The summed E-state index contributed by atoms with van der Waals surface area (Å²) in [6.07, 6.45) is 18.4. The number of hydrogen-bond donors (Lipinski definition) is 0. The van der Waals surface area contributed by atoms with Crippen molar-refractivity contribution >= 4 is 11.2 Å². The van der Waals surface area contributed by atoms with Crippen molar-refractivity contribution in [2.75, 3.05) is 0 Å². The fourth-order valence-electron chi connectivity index (χ4n) is 3.18. The lowest BCUT2D eigenvalue weighted by Crippen LogP contribution is -2.04. The first kappa shape index (κ1) is 11.0. The zero-order valence-electron chi connectivity index (χ0n) is 11.1. The van der Waals surface area contributed by atoms with E-state index >= 15 is 0 Å². The van der Waals surface area contributed by atoms with Crippen molar-refractivity contribution in [3.63, 3.8) is 0 Å². The number of allylic oxidation sites excluding steroid dienone is 4. The third-order valence-electron chi connectivity index (χ3n) is 4.26. The lowest BCUT2D eigenvalue weighted by molar-refractivity contribution is 0.681. The molecule has 2 heteroatoms. The smallest absolute Gasteiger partial charge is 0.137 e. The van der Waals surface area contributed by atoms with Gasteiger partial charge < -0.3 is 4.40 Å². The van der Waals surface area contributed by atoms with Crippen LogP contribution in [0.2, 0.25) is 0 Å². The van der Waals surface area contributed by atoms with Crippen molar-refractivity contribution in [2.24, 2.45) is 0 Å². The molecule has 2 aliphatic rings. The summed E-state index contributed by atoms with van der Waals surface area (Å²) in [5.74, 6) is 0. The van der Waals surface area contributed by atoms with E-state index in [2.05, 4.69) is 41.1 Å². The Bertz CT molecular complexity index is 646. The highest BCUT2D eigenvalue weighted by Gasteiger charge is 2.13. The number of aryl methyl sites for hydroxylation is 2. The van der Waals surface area contributed by atoms with E-state index in [1.165, 1.54) is 42.4 Å². The second kappa shape index (κ2) is 4.37. The van der Waals surface area contributed by atoms with Crippen LogP contribution < -0.4 is 0 Å². The van der Waals surface area contributed by atoms with Crippen LogP contribution in [-0.4, -0.2) is 9.38 Å². The quantitative estimate of drug-likeness (QED) is 0.749. The van der Waals surface area contributed by atoms with Crippen molar-refractivity contribution in [3.8, 4) is 0 Å². The molecule has 96 valence electrons. The first-order chi connectivity index (χ1) is 9.40. The van der Waals surface area contributed by atoms with Crippen LogP contribution in [0, 0.1) is 0 Å². The predicted molar refractivity (Wildman–Crippen MR) is 78.2 cm³/mol. The summed E-state index contributed by atoms with van der Waals surface area (Å²) in [6, 6.07) is 2.29. The fourth-order valence-corrected chi connectivity index (χ4v) is 3.18. The largest absolute Gasteiger partial charge is 0.306 e. The van der Waals surface area contributed by atoms with Crippen molar-refractivity contribution < 1.29 is 0 Å². The molecule has 2 heterocycles.